The highest BCUT2D eigenvalue weighted by atomic mass is 32.2. The van der Waals surface area contributed by atoms with Crippen molar-refractivity contribution in [1.29, 1.82) is 0 Å². The van der Waals surface area contributed by atoms with Crippen molar-refractivity contribution in [3.8, 4) is 17.2 Å². The first-order chi connectivity index (χ1) is 16.8. The summed E-state index contributed by atoms with van der Waals surface area (Å²) in [6.07, 6.45) is 2.70. The average molecular weight is 500 g/mol. The number of piperidine rings is 1. The lowest BCUT2D eigenvalue weighted by Gasteiger charge is -2.26. The van der Waals surface area contributed by atoms with Gasteiger partial charge in [0.15, 0.2) is 17.2 Å². The second kappa shape index (κ2) is 10.5. The van der Waals surface area contributed by atoms with Crippen LogP contribution in [0.5, 0.6) is 17.2 Å². The largest absolute Gasteiger partial charge is 0.493 e. The quantitative estimate of drug-likeness (QED) is 0.487. The van der Waals surface area contributed by atoms with Crippen LogP contribution in [0.1, 0.15) is 36.3 Å². The number of ether oxygens (including phenoxy) is 2. The van der Waals surface area contributed by atoms with Crippen LogP contribution in [0.3, 0.4) is 0 Å². The van der Waals surface area contributed by atoms with Crippen molar-refractivity contribution in [2.45, 2.75) is 44.4 Å². The van der Waals surface area contributed by atoms with Gasteiger partial charge in [-0.25, -0.2) is 8.42 Å². The number of aryl methyl sites for hydroxylation is 2. The standard InChI is InChI=1S/C25H29N3O6S/c1-17-20(18(2)34-27-17)16-25(29)26-21-15-19(35(30,31)28-13-7-4-8-14-28)11-12-22(21)33-24-10-6-5-9-23(24)32-3/h5-6,9-12,15H,4,7-8,13-14,16H2,1-3H3,(H,26,29). The lowest BCUT2D eigenvalue weighted by atomic mass is 10.1. The maximum absolute atomic E-state index is 13.3. The maximum atomic E-state index is 13.3. The third kappa shape index (κ3) is 5.49. The molecular weight excluding hydrogens is 470 g/mol. The molecule has 186 valence electrons. The van der Waals surface area contributed by atoms with Gasteiger partial charge in [-0.05, 0) is 57.0 Å². The second-order valence-corrected chi connectivity index (χ2v) is 10.3. The Morgan fingerprint density at radius 2 is 1.77 bits per heavy atom. The molecule has 9 nitrogen and oxygen atoms in total. The van der Waals surface area contributed by atoms with Crippen molar-refractivity contribution in [3.05, 3.63) is 59.5 Å². The van der Waals surface area contributed by atoms with Crippen LogP contribution in [0.4, 0.5) is 5.69 Å². The number of nitrogens with zero attached hydrogens (tertiary/aromatic N) is 2. The molecule has 0 bridgehead atoms. The summed E-state index contributed by atoms with van der Waals surface area (Å²) in [5.74, 6) is 1.44. The number of sulfonamides is 1. The molecule has 1 fully saturated rings. The molecule has 1 N–H and O–H groups in total. The molecule has 0 spiro atoms. The number of hydrogen-bond acceptors (Lipinski definition) is 7. The Balaban J connectivity index is 1.68. The number of anilines is 1. The predicted octanol–water partition coefficient (Wildman–Crippen LogP) is 4.45. The minimum Gasteiger partial charge on any atom is -0.493 e. The van der Waals surface area contributed by atoms with Gasteiger partial charge >= 0.3 is 0 Å². The molecule has 2 aromatic carbocycles. The van der Waals surface area contributed by atoms with Gasteiger partial charge in [-0.3, -0.25) is 4.79 Å². The molecule has 0 atom stereocenters. The Kier molecular flexibility index (Phi) is 7.42. The van der Waals surface area contributed by atoms with E-state index >= 15 is 0 Å². The van der Waals surface area contributed by atoms with E-state index in [-0.39, 0.29) is 22.9 Å². The van der Waals surface area contributed by atoms with Gasteiger partial charge in [0.2, 0.25) is 15.9 Å². The average Bonchev–Trinajstić information content (AvgIpc) is 3.17. The summed E-state index contributed by atoms with van der Waals surface area (Å²) < 4.78 is 44.6. The minimum atomic E-state index is -3.71. The topological polar surface area (TPSA) is 111 Å². The predicted molar refractivity (Wildman–Crippen MR) is 130 cm³/mol. The molecule has 0 unspecified atom stereocenters. The van der Waals surface area contributed by atoms with Crippen molar-refractivity contribution in [3.63, 3.8) is 0 Å². The SMILES string of the molecule is COc1ccccc1Oc1ccc(S(=O)(=O)N2CCCCC2)cc1NC(=O)Cc1c(C)noc1C. The Morgan fingerprint density at radius 3 is 2.43 bits per heavy atom. The molecule has 3 aromatic rings. The van der Waals surface area contributed by atoms with Crippen LogP contribution < -0.4 is 14.8 Å². The van der Waals surface area contributed by atoms with Gasteiger partial charge in [0, 0.05) is 18.7 Å². The summed E-state index contributed by atoms with van der Waals surface area (Å²) in [6.45, 7) is 4.47. The van der Waals surface area contributed by atoms with E-state index in [1.807, 2.05) is 6.07 Å². The number of carbonyl (C=O) groups excluding carboxylic acids is 1. The number of benzene rings is 2. The van der Waals surface area contributed by atoms with Crippen LogP contribution >= 0.6 is 0 Å². The first-order valence-corrected chi connectivity index (χ1v) is 12.9. The maximum Gasteiger partial charge on any atom is 0.243 e. The molecule has 0 radical (unpaired) electrons. The molecular formula is C25H29N3O6S. The van der Waals surface area contributed by atoms with Crippen molar-refractivity contribution in [2.24, 2.45) is 0 Å². The van der Waals surface area contributed by atoms with E-state index in [2.05, 4.69) is 10.5 Å². The third-order valence-corrected chi connectivity index (χ3v) is 7.88. The van der Waals surface area contributed by atoms with Gasteiger partial charge in [0.1, 0.15) is 5.76 Å². The van der Waals surface area contributed by atoms with E-state index in [0.29, 0.717) is 47.4 Å². The Bertz CT molecular complexity index is 1290. The summed E-state index contributed by atoms with van der Waals surface area (Å²) in [5, 5.41) is 6.71. The number of amides is 1. The summed E-state index contributed by atoms with van der Waals surface area (Å²) in [6, 6.07) is 11.6. The summed E-state index contributed by atoms with van der Waals surface area (Å²) in [4.78, 5) is 13.1. The molecule has 35 heavy (non-hydrogen) atoms. The zero-order valence-electron chi connectivity index (χ0n) is 20.0. The summed E-state index contributed by atoms with van der Waals surface area (Å²) in [7, 11) is -2.18. The summed E-state index contributed by atoms with van der Waals surface area (Å²) in [5.41, 5.74) is 1.56. The monoisotopic (exact) mass is 499 g/mol. The molecule has 10 heteroatoms. The molecule has 1 amide bonds. The van der Waals surface area contributed by atoms with Crippen LogP contribution in [0.15, 0.2) is 51.9 Å². The molecule has 1 saturated heterocycles. The van der Waals surface area contributed by atoms with Crippen molar-refractivity contribution >= 4 is 21.6 Å². The lowest BCUT2D eigenvalue weighted by molar-refractivity contribution is -0.115. The lowest BCUT2D eigenvalue weighted by Crippen LogP contribution is -2.35. The van der Waals surface area contributed by atoms with Crippen LogP contribution in [0.25, 0.3) is 0 Å². The normalized spacial score (nSPS) is 14.5. The molecule has 0 aliphatic carbocycles. The highest BCUT2D eigenvalue weighted by Gasteiger charge is 2.27. The van der Waals surface area contributed by atoms with E-state index in [4.69, 9.17) is 14.0 Å². The van der Waals surface area contributed by atoms with Crippen LogP contribution in [0, 0.1) is 13.8 Å². The molecule has 1 aliphatic heterocycles. The van der Waals surface area contributed by atoms with Gasteiger partial charge in [-0.2, -0.15) is 4.31 Å². The number of rotatable bonds is 8. The fraction of sp³-hybridized carbons (Fsp3) is 0.360. The number of methoxy groups -OCH3 is 1. The number of para-hydroxylation sites is 2. The van der Waals surface area contributed by atoms with E-state index in [0.717, 1.165) is 19.3 Å². The minimum absolute atomic E-state index is 0.0262. The molecule has 2 heterocycles. The smallest absolute Gasteiger partial charge is 0.243 e. The van der Waals surface area contributed by atoms with E-state index in [9.17, 15) is 13.2 Å². The van der Waals surface area contributed by atoms with Crippen molar-refractivity contribution < 1.29 is 27.2 Å². The van der Waals surface area contributed by atoms with Gasteiger partial charge in [-0.15, -0.1) is 0 Å². The van der Waals surface area contributed by atoms with Gasteiger partial charge < -0.3 is 19.3 Å². The number of carbonyl (C=O) groups is 1. The van der Waals surface area contributed by atoms with Crippen LogP contribution in [0.2, 0.25) is 0 Å². The third-order valence-electron chi connectivity index (χ3n) is 5.99. The zero-order valence-corrected chi connectivity index (χ0v) is 20.9. The van der Waals surface area contributed by atoms with E-state index in [1.54, 1.807) is 38.1 Å². The second-order valence-electron chi connectivity index (χ2n) is 8.40. The highest BCUT2D eigenvalue weighted by molar-refractivity contribution is 7.89. The fourth-order valence-corrected chi connectivity index (χ4v) is 5.59. The Morgan fingerprint density at radius 1 is 1.06 bits per heavy atom. The number of hydrogen-bond donors (Lipinski definition) is 1. The first-order valence-electron chi connectivity index (χ1n) is 11.5. The van der Waals surface area contributed by atoms with Gasteiger partial charge in [-0.1, -0.05) is 23.7 Å². The summed E-state index contributed by atoms with van der Waals surface area (Å²) >= 11 is 0. The Labute approximate surface area is 205 Å². The molecule has 4 rings (SSSR count). The van der Waals surface area contributed by atoms with Crippen molar-refractivity contribution in [1.82, 2.24) is 9.46 Å². The van der Waals surface area contributed by atoms with Crippen LogP contribution in [-0.4, -0.2) is 44.0 Å². The fourth-order valence-electron chi connectivity index (χ4n) is 4.04. The number of aromatic nitrogens is 1. The highest BCUT2D eigenvalue weighted by Crippen LogP contribution is 2.37. The van der Waals surface area contributed by atoms with Gasteiger partial charge in [0.05, 0.1) is 29.8 Å². The van der Waals surface area contributed by atoms with Crippen LogP contribution in [-0.2, 0) is 21.2 Å². The Hall–Kier alpha value is -3.37. The van der Waals surface area contributed by atoms with Gasteiger partial charge in [0.25, 0.3) is 0 Å². The first kappa shape index (κ1) is 24.7. The molecule has 1 aromatic heterocycles. The molecule has 1 aliphatic rings. The number of nitrogens with one attached hydrogen (secondary N) is 1. The van der Waals surface area contributed by atoms with Crippen molar-refractivity contribution in [2.75, 3.05) is 25.5 Å². The van der Waals surface area contributed by atoms with E-state index < -0.39 is 10.0 Å². The van der Waals surface area contributed by atoms with E-state index in [1.165, 1.54) is 23.5 Å². The molecule has 0 saturated carbocycles. The zero-order chi connectivity index (χ0) is 25.0.